The van der Waals surface area contributed by atoms with Crippen LogP contribution in [0.15, 0.2) is 12.3 Å². The van der Waals surface area contributed by atoms with E-state index in [1.807, 2.05) is 6.07 Å². The van der Waals surface area contributed by atoms with E-state index in [2.05, 4.69) is 15.0 Å². The van der Waals surface area contributed by atoms with Gasteiger partial charge < -0.3 is 10.7 Å². The molecule has 2 aromatic rings. The van der Waals surface area contributed by atoms with E-state index in [4.69, 9.17) is 17.3 Å². The van der Waals surface area contributed by atoms with Crippen molar-refractivity contribution in [2.75, 3.05) is 6.54 Å². The van der Waals surface area contributed by atoms with Gasteiger partial charge in [0, 0.05) is 12.6 Å². The average Bonchev–Trinajstić information content (AvgIpc) is 2.66. The summed E-state index contributed by atoms with van der Waals surface area (Å²) in [5, 5.41) is 0.630. The third-order valence-corrected chi connectivity index (χ3v) is 2.68. The second-order valence-corrected chi connectivity index (χ2v) is 4.24. The highest BCUT2D eigenvalue weighted by Gasteiger charge is 2.03. The third kappa shape index (κ3) is 2.71. The van der Waals surface area contributed by atoms with Crippen LogP contribution < -0.4 is 5.73 Å². The van der Waals surface area contributed by atoms with Crippen molar-refractivity contribution in [1.82, 2.24) is 15.0 Å². The number of H-pyrrole nitrogens is 1. The maximum atomic E-state index is 5.85. The first-order valence-corrected chi connectivity index (χ1v) is 5.87. The Hall–Kier alpha value is -1.13. The highest BCUT2D eigenvalue weighted by molar-refractivity contribution is 6.30. The smallest absolute Gasteiger partial charge is 0.177 e. The van der Waals surface area contributed by atoms with Gasteiger partial charge in [-0.05, 0) is 25.5 Å². The first kappa shape index (κ1) is 11.4. The minimum atomic E-state index is 0.630. The molecule has 2 heterocycles. The van der Waals surface area contributed by atoms with Crippen LogP contribution in [0.5, 0.6) is 0 Å². The molecule has 0 bridgehead atoms. The minimum Gasteiger partial charge on any atom is -0.341 e. The van der Waals surface area contributed by atoms with Crippen LogP contribution in [-0.2, 0) is 6.42 Å². The Morgan fingerprint density at radius 3 is 3.00 bits per heavy atom. The van der Waals surface area contributed by atoms with Gasteiger partial charge in [-0.2, -0.15) is 0 Å². The lowest BCUT2D eigenvalue weighted by atomic mass is 10.2. The molecule has 0 saturated carbocycles. The van der Waals surface area contributed by atoms with Crippen LogP contribution in [0.3, 0.4) is 0 Å². The standard InChI is InChI=1S/C11H15ClN4/c12-8-6-9-11(14-7-8)16-10(15-9)4-2-1-3-5-13/h6-7H,1-5,13H2,(H,14,15,16). The number of aryl methyl sites for hydroxylation is 1. The molecule has 2 aromatic heterocycles. The van der Waals surface area contributed by atoms with Gasteiger partial charge in [0.1, 0.15) is 5.82 Å². The maximum absolute atomic E-state index is 5.85. The normalized spacial score (nSPS) is 11.1. The van der Waals surface area contributed by atoms with Crippen molar-refractivity contribution in [3.63, 3.8) is 0 Å². The van der Waals surface area contributed by atoms with Crippen molar-refractivity contribution < 1.29 is 0 Å². The predicted octanol–water partition coefficient (Wildman–Crippen LogP) is 2.28. The van der Waals surface area contributed by atoms with Crippen molar-refractivity contribution in [3.8, 4) is 0 Å². The van der Waals surface area contributed by atoms with Crippen LogP contribution in [0.2, 0.25) is 5.02 Å². The fourth-order valence-corrected chi connectivity index (χ4v) is 1.81. The number of nitrogens with one attached hydrogen (secondary N) is 1. The van der Waals surface area contributed by atoms with E-state index in [9.17, 15) is 0 Å². The summed E-state index contributed by atoms with van der Waals surface area (Å²) in [6.45, 7) is 0.761. The first-order chi connectivity index (χ1) is 7.79. The third-order valence-electron chi connectivity index (χ3n) is 2.47. The number of rotatable bonds is 5. The van der Waals surface area contributed by atoms with Crippen LogP contribution in [0.25, 0.3) is 11.2 Å². The van der Waals surface area contributed by atoms with Crippen molar-refractivity contribution in [2.24, 2.45) is 5.73 Å². The molecule has 0 aliphatic rings. The SMILES string of the molecule is NCCCCCc1nc2ncc(Cl)cc2[nH]1. The molecule has 86 valence electrons. The second-order valence-electron chi connectivity index (χ2n) is 3.81. The van der Waals surface area contributed by atoms with Crippen LogP contribution in [-0.4, -0.2) is 21.5 Å². The van der Waals surface area contributed by atoms with Gasteiger partial charge in [-0.3, -0.25) is 0 Å². The highest BCUT2D eigenvalue weighted by atomic mass is 35.5. The quantitative estimate of drug-likeness (QED) is 0.786. The maximum Gasteiger partial charge on any atom is 0.177 e. The number of hydrogen-bond acceptors (Lipinski definition) is 3. The summed E-state index contributed by atoms with van der Waals surface area (Å²) in [4.78, 5) is 11.8. The number of nitrogens with zero attached hydrogens (tertiary/aromatic N) is 2. The zero-order valence-corrected chi connectivity index (χ0v) is 9.80. The molecular weight excluding hydrogens is 224 g/mol. The Morgan fingerprint density at radius 1 is 1.31 bits per heavy atom. The monoisotopic (exact) mass is 238 g/mol. The molecule has 4 nitrogen and oxygen atoms in total. The molecule has 5 heteroatoms. The van der Waals surface area contributed by atoms with E-state index < -0.39 is 0 Å². The summed E-state index contributed by atoms with van der Waals surface area (Å²) in [6.07, 6.45) is 5.87. The molecule has 0 aromatic carbocycles. The fraction of sp³-hybridized carbons (Fsp3) is 0.455. The minimum absolute atomic E-state index is 0.630. The number of aromatic nitrogens is 3. The van der Waals surface area contributed by atoms with E-state index in [0.29, 0.717) is 5.02 Å². The number of imidazole rings is 1. The molecule has 0 amide bonds. The van der Waals surface area contributed by atoms with E-state index >= 15 is 0 Å². The molecule has 0 atom stereocenters. The Labute approximate surface area is 99.2 Å². The number of aromatic amines is 1. The predicted molar refractivity (Wildman–Crippen MR) is 65.5 cm³/mol. The Bertz CT molecular complexity index is 466. The lowest BCUT2D eigenvalue weighted by Crippen LogP contribution is -1.98. The van der Waals surface area contributed by atoms with Gasteiger partial charge in [-0.25, -0.2) is 9.97 Å². The van der Waals surface area contributed by atoms with Crippen LogP contribution in [0.4, 0.5) is 0 Å². The number of hydrogen-bond donors (Lipinski definition) is 2. The summed E-state index contributed by atoms with van der Waals surface area (Å²) in [5.41, 5.74) is 7.08. The molecule has 2 rings (SSSR count). The van der Waals surface area contributed by atoms with Gasteiger partial charge >= 0.3 is 0 Å². The molecule has 0 aliphatic heterocycles. The van der Waals surface area contributed by atoms with Crippen molar-refractivity contribution in [2.45, 2.75) is 25.7 Å². The number of unbranched alkanes of at least 4 members (excludes halogenated alkanes) is 2. The lowest BCUT2D eigenvalue weighted by molar-refractivity contribution is 0.673. The Morgan fingerprint density at radius 2 is 2.19 bits per heavy atom. The molecule has 0 spiro atoms. The number of nitrogens with two attached hydrogens (primary N) is 1. The largest absolute Gasteiger partial charge is 0.341 e. The first-order valence-electron chi connectivity index (χ1n) is 5.50. The molecule has 0 fully saturated rings. The second kappa shape index (κ2) is 5.27. The summed E-state index contributed by atoms with van der Waals surface area (Å²) in [6, 6.07) is 1.85. The van der Waals surface area contributed by atoms with Gasteiger partial charge in [0.2, 0.25) is 0 Å². The topological polar surface area (TPSA) is 67.6 Å². The molecule has 0 unspecified atom stereocenters. The van der Waals surface area contributed by atoms with Crippen LogP contribution >= 0.6 is 11.6 Å². The van der Waals surface area contributed by atoms with Gasteiger partial charge in [-0.15, -0.1) is 0 Å². The van der Waals surface area contributed by atoms with Gasteiger partial charge in [0.25, 0.3) is 0 Å². The highest BCUT2D eigenvalue weighted by Crippen LogP contribution is 2.15. The van der Waals surface area contributed by atoms with E-state index in [-0.39, 0.29) is 0 Å². The number of fused-ring (bicyclic) bond motifs is 1. The molecule has 16 heavy (non-hydrogen) atoms. The molecule has 0 saturated heterocycles. The molecule has 0 aliphatic carbocycles. The van der Waals surface area contributed by atoms with Gasteiger partial charge in [-0.1, -0.05) is 18.0 Å². The molecule has 3 N–H and O–H groups in total. The van der Waals surface area contributed by atoms with E-state index in [0.717, 1.165) is 49.2 Å². The molecular formula is C11H15ClN4. The molecule has 0 radical (unpaired) electrons. The van der Waals surface area contributed by atoms with E-state index in [1.165, 1.54) is 0 Å². The van der Waals surface area contributed by atoms with Crippen LogP contribution in [0, 0.1) is 0 Å². The van der Waals surface area contributed by atoms with Crippen molar-refractivity contribution in [1.29, 1.82) is 0 Å². The Balaban J connectivity index is 2.02. The van der Waals surface area contributed by atoms with E-state index in [1.54, 1.807) is 6.20 Å². The van der Waals surface area contributed by atoms with Crippen molar-refractivity contribution in [3.05, 3.63) is 23.1 Å². The summed E-state index contributed by atoms with van der Waals surface area (Å²) < 4.78 is 0. The van der Waals surface area contributed by atoms with Gasteiger partial charge in [0.15, 0.2) is 5.65 Å². The van der Waals surface area contributed by atoms with Gasteiger partial charge in [0.05, 0.1) is 10.5 Å². The number of pyridine rings is 1. The lowest BCUT2D eigenvalue weighted by Gasteiger charge is -1.95. The fourth-order valence-electron chi connectivity index (χ4n) is 1.66. The van der Waals surface area contributed by atoms with Crippen molar-refractivity contribution >= 4 is 22.8 Å². The summed E-state index contributed by atoms with van der Waals surface area (Å²) in [7, 11) is 0. The summed E-state index contributed by atoms with van der Waals surface area (Å²) >= 11 is 5.85. The summed E-state index contributed by atoms with van der Waals surface area (Å²) in [5.74, 6) is 0.974. The van der Waals surface area contributed by atoms with Crippen LogP contribution in [0.1, 0.15) is 25.1 Å². The zero-order chi connectivity index (χ0) is 11.4. The Kier molecular flexibility index (Phi) is 3.74. The number of halogens is 1. The zero-order valence-electron chi connectivity index (χ0n) is 9.04. The average molecular weight is 239 g/mol.